The summed E-state index contributed by atoms with van der Waals surface area (Å²) < 4.78 is 0. The fourth-order valence-electron chi connectivity index (χ4n) is 0.623. The SMILES string of the molecule is C=Pc1cccc(N)c1. The molecule has 0 heterocycles. The molecule has 1 rings (SSSR count). The molecule has 0 saturated carbocycles. The van der Waals surface area contributed by atoms with Gasteiger partial charge in [0.15, 0.2) is 0 Å². The summed E-state index contributed by atoms with van der Waals surface area (Å²) in [6, 6.07) is 7.73. The van der Waals surface area contributed by atoms with E-state index in [9.17, 15) is 0 Å². The van der Waals surface area contributed by atoms with Crippen molar-refractivity contribution in [2.24, 2.45) is 0 Å². The van der Waals surface area contributed by atoms with Crippen molar-refractivity contribution in [2.75, 3.05) is 5.73 Å². The van der Waals surface area contributed by atoms with Crippen LogP contribution in [0.3, 0.4) is 0 Å². The molecule has 1 aromatic rings. The molecule has 2 N–H and O–H groups in total. The smallest absolute Gasteiger partial charge is 0.0323 e. The molecule has 0 aliphatic rings. The molecule has 0 fully saturated rings. The molecule has 1 aromatic carbocycles. The van der Waals surface area contributed by atoms with Crippen molar-refractivity contribution in [1.29, 1.82) is 0 Å². The summed E-state index contributed by atoms with van der Waals surface area (Å²) in [4.78, 5) is 0. The summed E-state index contributed by atoms with van der Waals surface area (Å²) in [7, 11) is 1.02. The van der Waals surface area contributed by atoms with Gasteiger partial charge in [0, 0.05) is 11.0 Å². The van der Waals surface area contributed by atoms with Crippen molar-refractivity contribution < 1.29 is 0 Å². The van der Waals surface area contributed by atoms with Crippen LogP contribution in [0.15, 0.2) is 24.3 Å². The van der Waals surface area contributed by atoms with Crippen LogP contribution in [0.25, 0.3) is 0 Å². The van der Waals surface area contributed by atoms with E-state index >= 15 is 0 Å². The first-order chi connectivity index (χ1) is 4.33. The highest BCUT2D eigenvalue weighted by Crippen LogP contribution is 2.01. The Hall–Kier alpha value is -0.810. The van der Waals surface area contributed by atoms with Gasteiger partial charge in [0.05, 0.1) is 0 Å². The number of rotatable bonds is 1. The summed E-state index contributed by atoms with van der Waals surface area (Å²) in [6.07, 6.45) is 3.71. The molecule has 0 spiro atoms. The van der Waals surface area contributed by atoms with Crippen LogP contribution < -0.4 is 11.0 Å². The zero-order valence-electron chi connectivity index (χ0n) is 5.04. The van der Waals surface area contributed by atoms with Gasteiger partial charge in [-0.05, 0) is 12.1 Å². The number of anilines is 1. The van der Waals surface area contributed by atoms with E-state index in [4.69, 9.17) is 5.73 Å². The predicted molar refractivity (Wildman–Crippen MR) is 44.5 cm³/mol. The minimum Gasteiger partial charge on any atom is -0.399 e. The molecule has 9 heavy (non-hydrogen) atoms. The van der Waals surface area contributed by atoms with E-state index in [0.29, 0.717) is 0 Å². The van der Waals surface area contributed by atoms with Gasteiger partial charge >= 0.3 is 0 Å². The first kappa shape index (κ1) is 6.31. The Labute approximate surface area is 56.3 Å². The fraction of sp³-hybridized carbons (Fsp3) is 0. The monoisotopic (exact) mass is 137 g/mol. The highest BCUT2D eigenvalue weighted by molar-refractivity contribution is 7.45. The summed E-state index contributed by atoms with van der Waals surface area (Å²) >= 11 is 0. The highest BCUT2D eigenvalue weighted by Gasteiger charge is 1.84. The minimum absolute atomic E-state index is 0.809. The lowest BCUT2D eigenvalue weighted by Crippen LogP contribution is -1.93. The van der Waals surface area contributed by atoms with Crippen LogP contribution in [-0.2, 0) is 0 Å². The maximum Gasteiger partial charge on any atom is 0.0323 e. The summed E-state index contributed by atoms with van der Waals surface area (Å²) in [6.45, 7) is 0. The summed E-state index contributed by atoms with van der Waals surface area (Å²) in [5.41, 5.74) is 6.31. The molecule has 0 aliphatic carbocycles. The fourth-order valence-corrected chi connectivity index (χ4v) is 1.05. The Morgan fingerprint density at radius 2 is 2.22 bits per heavy atom. The maximum absolute atomic E-state index is 5.50. The molecule has 0 amide bonds. The van der Waals surface area contributed by atoms with Crippen LogP contribution in [0, 0.1) is 0 Å². The minimum atomic E-state index is 0.809. The van der Waals surface area contributed by atoms with Crippen molar-refractivity contribution in [1.82, 2.24) is 0 Å². The number of hydrogen-bond acceptors (Lipinski definition) is 1. The Kier molecular flexibility index (Phi) is 1.86. The molecule has 0 unspecified atom stereocenters. The quantitative estimate of drug-likeness (QED) is 0.457. The Morgan fingerprint density at radius 1 is 1.44 bits per heavy atom. The molecule has 2 heteroatoms. The van der Waals surface area contributed by atoms with E-state index in [-0.39, 0.29) is 0 Å². The van der Waals surface area contributed by atoms with Gasteiger partial charge < -0.3 is 5.73 Å². The van der Waals surface area contributed by atoms with Crippen molar-refractivity contribution in [2.45, 2.75) is 0 Å². The van der Waals surface area contributed by atoms with Gasteiger partial charge in [0.2, 0.25) is 0 Å². The molecular formula is C7H8NP. The molecule has 0 atom stereocenters. The van der Waals surface area contributed by atoms with Gasteiger partial charge in [-0.1, -0.05) is 26.6 Å². The van der Waals surface area contributed by atoms with E-state index in [2.05, 4.69) is 6.30 Å². The van der Waals surface area contributed by atoms with Crippen molar-refractivity contribution in [3.8, 4) is 0 Å². The van der Waals surface area contributed by atoms with Crippen LogP contribution in [0.1, 0.15) is 0 Å². The molecule has 0 aromatic heterocycles. The second-order valence-electron chi connectivity index (χ2n) is 1.75. The summed E-state index contributed by atoms with van der Waals surface area (Å²) in [5.74, 6) is 0. The predicted octanol–water partition coefficient (Wildman–Crippen LogP) is 1.27. The van der Waals surface area contributed by atoms with E-state index in [1.807, 2.05) is 24.3 Å². The molecule has 0 aliphatic heterocycles. The second-order valence-corrected chi connectivity index (χ2v) is 2.59. The second kappa shape index (κ2) is 2.65. The van der Waals surface area contributed by atoms with Crippen molar-refractivity contribution in [3.05, 3.63) is 24.3 Å². The van der Waals surface area contributed by atoms with E-state index in [1.165, 1.54) is 0 Å². The third-order valence-corrected chi connectivity index (χ3v) is 1.70. The summed E-state index contributed by atoms with van der Waals surface area (Å²) in [5, 5.41) is 1.16. The topological polar surface area (TPSA) is 26.0 Å². The third kappa shape index (κ3) is 1.55. The van der Waals surface area contributed by atoms with Gasteiger partial charge in [-0.15, -0.1) is 0 Å². The lowest BCUT2D eigenvalue weighted by Gasteiger charge is -1.91. The normalized spacial score (nSPS) is 9.78. The van der Waals surface area contributed by atoms with Crippen LogP contribution in [-0.4, -0.2) is 6.30 Å². The number of nitrogens with two attached hydrogens (primary N) is 1. The molecule has 0 radical (unpaired) electrons. The zero-order chi connectivity index (χ0) is 6.69. The molecule has 1 nitrogen and oxygen atoms in total. The Balaban J connectivity index is 3.07. The Bertz CT molecular complexity index is 220. The third-order valence-electron chi connectivity index (χ3n) is 1.05. The van der Waals surface area contributed by atoms with Crippen LogP contribution >= 0.6 is 8.20 Å². The van der Waals surface area contributed by atoms with Crippen LogP contribution in [0.5, 0.6) is 0 Å². The number of hydrogen-bond donors (Lipinski definition) is 1. The van der Waals surface area contributed by atoms with Gasteiger partial charge in [-0.3, -0.25) is 0 Å². The highest BCUT2D eigenvalue weighted by atomic mass is 31.1. The van der Waals surface area contributed by atoms with Gasteiger partial charge in [0.1, 0.15) is 0 Å². The molecule has 46 valence electrons. The van der Waals surface area contributed by atoms with E-state index in [1.54, 1.807) is 0 Å². The maximum atomic E-state index is 5.50. The first-order valence-electron chi connectivity index (χ1n) is 2.65. The lowest BCUT2D eigenvalue weighted by atomic mass is 10.3. The van der Waals surface area contributed by atoms with Crippen LogP contribution in [0.4, 0.5) is 5.69 Å². The van der Waals surface area contributed by atoms with Gasteiger partial charge in [0.25, 0.3) is 0 Å². The molecule has 0 saturated heterocycles. The largest absolute Gasteiger partial charge is 0.399 e. The molecular weight excluding hydrogens is 129 g/mol. The lowest BCUT2D eigenvalue weighted by molar-refractivity contribution is 1.74. The average molecular weight is 137 g/mol. The zero-order valence-corrected chi connectivity index (χ0v) is 5.94. The van der Waals surface area contributed by atoms with Gasteiger partial charge in [-0.2, -0.15) is 0 Å². The van der Waals surface area contributed by atoms with E-state index in [0.717, 1.165) is 19.2 Å². The molecule has 0 bridgehead atoms. The van der Waals surface area contributed by atoms with Gasteiger partial charge in [-0.25, -0.2) is 0 Å². The number of nitrogen functional groups attached to an aromatic ring is 1. The van der Waals surface area contributed by atoms with E-state index < -0.39 is 0 Å². The number of benzene rings is 1. The standard InChI is InChI=1S/C7H8NP/c1-9-7-4-2-3-6(8)5-7/h2-5H,1,8H2. The average Bonchev–Trinajstić information content (AvgIpc) is 1.88. The van der Waals surface area contributed by atoms with Crippen molar-refractivity contribution in [3.63, 3.8) is 0 Å². The van der Waals surface area contributed by atoms with Crippen molar-refractivity contribution >= 4 is 25.5 Å². The van der Waals surface area contributed by atoms with Crippen LogP contribution in [0.2, 0.25) is 0 Å². The Morgan fingerprint density at radius 3 is 2.67 bits per heavy atom. The first-order valence-corrected chi connectivity index (χ1v) is 3.73.